The number of amides is 1. The molecule has 0 bridgehead atoms. The molecular weight excluding hydrogens is 444 g/mol. The zero-order valence-electron chi connectivity index (χ0n) is 21.0. The minimum Gasteiger partial charge on any atom is -0.493 e. The number of anilines is 1. The Morgan fingerprint density at radius 2 is 2.00 bits per heavy atom. The summed E-state index contributed by atoms with van der Waals surface area (Å²) in [5, 5.41) is 3.07. The van der Waals surface area contributed by atoms with Gasteiger partial charge in [0.2, 0.25) is 11.9 Å². The summed E-state index contributed by atoms with van der Waals surface area (Å²) in [6, 6.07) is 5.76. The van der Waals surface area contributed by atoms with Crippen LogP contribution in [0.5, 0.6) is 11.5 Å². The lowest BCUT2D eigenvalue weighted by Crippen LogP contribution is -2.44. The average Bonchev–Trinajstić information content (AvgIpc) is 3.42. The molecule has 1 saturated heterocycles. The van der Waals surface area contributed by atoms with E-state index in [4.69, 9.17) is 19.4 Å². The number of methoxy groups -OCH3 is 2. The third-order valence-electron chi connectivity index (χ3n) is 6.53. The summed E-state index contributed by atoms with van der Waals surface area (Å²) in [5.41, 5.74) is 3.05. The molecule has 35 heavy (non-hydrogen) atoms. The van der Waals surface area contributed by atoms with Crippen molar-refractivity contribution in [3.8, 4) is 17.4 Å². The van der Waals surface area contributed by atoms with Crippen LogP contribution in [0.1, 0.15) is 49.4 Å². The number of hydrogen-bond donors (Lipinski definition) is 1. The third-order valence-corrected chi connectivity index (χ3v) is 6.53. The van der Waals surface area contributed by atoms with Crippen LogP contribution in [0.25, 0.3) is 5.95 Å². The van der Waals surface area contributed by atoms with Gasteiger partial charge in [-0.05, 0) is 50.3 Å². The highest BCUT2D eigenvalue weighted by molar-refractivity contribution is 5.77. The van der Waals surface area contributed by atoms with Gasteiger partial charge < -0.3 is 19.7 Å². The first-order valence-electron chi connectivity index (χ1n) is 12.1. The van der Waals surface area contributed by atoms with Crippen LogP contribution in [0, 0.1) is 6.92 Å². The first-order valence-corrected chi connectivity index (χ1v) is 12.1. The number of nitrogens with one attached hydrogen (secondary N) is 1. The maximum atomic E-state index is 13.0. The van der Waals surface area contributed by atoms with Crippen molar-refractivity contribution in [3.05, 3.63) is 53.7 Å². The fourth-order valence-electron chi connectivity index (χ4n) is 4.68. The normalized spacial score (nSPS) is 15.7. The van der Waals surface area contributed by atoms with Crippen molar-refractivity contribution in [1.82, 2.24) is 24.8 Å². The maximum absolute atomic E-state index is 13.0. The highest BCUT2D eigenvalue weighted by Crippen LogP contribution is 2.31. The Bertz CT molecular complexity index is 1150. The molecule has 1 fully saturated rings. The van der Waals surface area contributed by atoms with Gasteiger partial charge in [0, 0.05) is 49.2 Å². The number of piperidine rings is 1. The summed E-state index contributed by atoms with van der Waals surface area (Å²) >= 11 is 0. The Hall–Kier alpha value is -3.62. The first kappa shape index (κ1) is 24.5. The molecule has 1 aliphatic rings. The summed E-state index contributed by atoms with van der Waals surface area (Å²) < 4.78 is 12.5. The fourth-order valence-corrected chi connectivity index (χ4v) is 4.68. The molecule has 0 aliphatic carbocycles. The van der Waals surface area contributed by atoms with Gasteiger partial charge in [-0.2, -0.15) is 4.98 Å². The number of carbonyl (C=O) groups excluding carboxylic acids is 1. The van der Waals surface area contributed by atoms with Crippen LogP contribution in [0.15, 0.2) is 36.9 Å². The Labute approximate surface area is 206 Å². The van der Waals surface area contributed by atoms with Gasteiger partial charge in [-0.3, -0.25) is 9.36 Å². The van der Waals surface area contributed by atoms with E-state index < -0.39 is 0 Å². The van der Waals surface area contributed by atoms with Crippen LogP contribution in [0.4, 0.5) is 5.82 Å². The van der Waals surface area contributed by atoms with Crippen molar-refractivity contribution in [3.63, 3.8) is 0 Å². The first-order chi connectivity index (χ1) is 17.0. The molecular formula is C26H34N6O3. The van der Waals surface area contributed by atoms with Gasteiger partial charge in [0.15, 0.2) is 11.5 Å². The number of ether oxygens (including phenoxy) is 2. The minimum atomic E-state index is 0.0235. The second-order valence-electron chi connectivity index (χ2n) is 8.75. The van der Waals surface area contributed by atoms with E-state index in [-0.39, 0.29) is 11.9 Å². The number of carbonyl (C=O) groups is 1. The Morgan fingerprint density at radius 3 is 2.71 bits per heavy atom. The summed E-state index contributed by atoms with van der Waals surface area (Å²) in [6.07, 6.45) is 9.66. The van der Waals surface area contributed by atoms with Crippen LogP contribution in [-0.2, 0) is 17.8 Å². The average molecular weight is 479 g/mol. The van der Waals surface area contributed by atoms with Crippen molar-refractivity contribution in [2.45, 2.75) is 58.5 Å². The second kappa shape index (κ2) is 11.2. The van der Waals surface area contributed by atoms with Crippen LogP contribution in [0.3, 0.4) is 0 Å². The number of hydrogen-bond acceptors (Lipinski definition) is 7. The van der Waals surface area contributed by atoms with Crippen LogP contribution in [0.2, 0.25) is 0 Å². The molecule has 1 unspecified atom stereocenters. The highest BCUT2D eigenvalue weighted by atomic mass is 16.5. The van der Waals surface area contributed by atoms with Gasteiger partial charge in [0.1, 0.15) is 12.1 Å². The predicted molar refractivity (Wildman–Crippen MR) is 134 cm³/mol. The second-order valence-corrected chi connectivity index (χ2v) is 8.75. The number of rotatable bonds is 9. The standard InChI is InChI=1S/C26H34N6O3/c1-5-21-18(2)29-26(31-13-11-27-17-31)30-25(21)32-12-7-6-8-20(32)15-24(33)28-16-19-9-10-22(34-3)23(14-19)35-4/h9-11,13-14,17,20H,5-8,12,15-16H2,1-4H3,(H,28,33). The molecule has 3 heterocycles. The largest absolute Gasteiger partial charge is 0.493 e. The van der Waals surface area contributed by atoms with Crippen LogP contribution < -0.4 is 19.7 Å². The molecule has 3 aromatic rings. The molecule has 4 rings (SSSR count). The third kappa shape index (κ3) is 5.55. The number of benzene rings is 1. The number of imidazole rings is 1. The molecule has 9 heteroatoms. The van der Waals surface area contributed by atoms with E-state index in [2.05, 4.69) is 22.1 Å². The number of nitrogens with zero attached hydrogens (tertiary/aromatic N) is 5. The van der Waals surface area contributed by atoms with Gasteiger partial charge in [0.05, 0.1) is 14.2 Å². The fraction of sp³-hybridized carbons (Fsp3) is 0.462. The minimum absolute atomic E-state index is 0.0235. The summed E-state index contributed by atoms with van der Waals surface area (Å²) in [5.74, 6) is 2.88. The van der Waals surface area contributed by atoms with Gasteiger partial charge in [-0.15, -0.1) is 0 Å². The van der Waals surface area contributed by atoms with Crippen LogP contribution >= 0.6 is 0 Å². The molecule has 1 aliphatic heterocycles. The maximum Gasteiger partial charge on any atom is 0.237 e. The Balaban J connectivity index is 1.50. The zero-order valence-corrected chi connectivity index (χ0v) is 21.0. The molecule has 0 saturated carbocycles. The van der Waals surface area contributed by atoms with E-state index in [0.29, 0.717) is 30.4 Å². The monoisotopic (exact) mass is 478 g/mol. The number of aromatic nitrogens is 4. The molecule has 1 N–H and O–H groups in total. The van der Waals surface area contributed by atoms with Gasteiger partial charge in [0.25, 0.3) is 0 Å². The lowest BCUT2D eigenvalue weighted by atomic mass is 9.97. The van der Waals surface area contributed by atoms with E-state index in [1.807, 2.05) is 35.9 Å². The molecule has 1 aromatic carbocycles. The molecule has 9 nitrogen and oxygen atoms in total. The topological polar surface area (TPSA) is 94.4 Å². The highest BCUT2D eigenvalue weighted by Gasteiger charge is 2.28. The van der Waals surface area contributed by atoms with Gasteiger partial charge in [-0.25, -0.2) is 9.97 Å². The van der Waals surface area contributed by atoms with E-state index in [1.165, 1.54) is 0 Å². The molecule has 1 atom stereocenters. The molecule has 186 valence electrons. The predicted octanol–water partition coefficient (Wildman–Crippen LogP) is 3.62. The van der Waals surface area contributed by atoms with Gasteiger partial charge in [-0.1, -0.05) is 13.0 Å². The quantitative estimate of drug-likeness (QED) is 0.502. The van der Waals surface area contributed by atoms with Crippen molar-refractivity contribution in [2.75, 3.05) is 25.7 Å². The van der Waals surface area contributed by atoms with E-state index in [1.54, 1.807) is 26.7 Å². The van der Waals surface area contributed by atoms with Crippen LogP contribution in [-0.4, -0.2) is 52.2 Å². The molecule has 1 amide bonds. The van der Waals surface area contributed by atoms with Crippen molar-refractivity contribution < 1.29 is 14.3 Å². The summed E-state index contributed by atoms with van der Waals surface area (Å²) in [6.45, 7) is 5.46. The molecule has 0 spiro atoms. The lowest BCUT2D eigenvalue weighted by molar-refractivity contribution is -0.121. The zero-order chi connectivity index (χ0) is 24.8. The number of aryl methyl sites for hydroxylation is 1. The SMILES string of the molecule is CCc1c(C)nc(-n2ccnc2)nc1N1CCCCC1CC(=O)NCc1ccc(OC)c(OC)c1. The van der Waals surface area contributed by atoms with E-state index in [9.17, 15) is 4.79 Å². The van der Waals surface area contributed by atoms with Crippen molar-refractivity contribution in [2.24, 2.45) is 0 Å². The Morgan fingerprint density at radius 1 is 1.17 bits per heavy atom. The lowest BCUT2D eigenvalue weighted by Gasteiger charge is -2.37. The van der Waals surface area contributed by atoms with E-state index >= 15 is 0 Å². The smallest absolute Gasteiger partial charge is 0.237 e. The Kier molecular flexibility index (Phi) is 7.84. The van der Waals surface area contributed by atoms with E-state index in [0.717, 1.165) is 54.9 Å². The molecule has 2 aromatic heterocycles. The van der Waals surface area contributed by atoms with Gasteiger partial charge >= 0.3 is 0 Å². The summed E-state index contributed by atoms with van der Waals surface area (Å²) in [7, 11) is 3.21. The van der Waals surface area contributed by atoms with Crippen molar-refractivity contribution >= 4 is 11.7 Å². The summed E-state index contributed by atoms with van der Waals surface area (Å²) in [4.78, 5) is 29.1. The molecule has 0 radical (unpaired) electrons. The van der Waals surface area contributed by atoms with Crippen molar-refractivity contribution in [1.29, 1.82) is 0 Å².